The second-order valence-corrected chi connectivity index (χ2v) is 3.92. The molecule has 64 valence electrons. The van der Waals surface area contributed by atoms with Gasteiger partial charge in [0.2, 0.25) is 0 Å². The van der Waals surface area contributed by atoms with Gasteiger partial charge in [-0.3, -0.25) is 4.79 Å². The number of hydrogen-bond donors (Lipinski definition) is 1. The van der Waals surface area contributed by atoms with Gasteiger partial charge in [0.05, 0.1) is 6.61 Å². The monoisotopic (exact) mass is 156 g/mol. The van der Waals surface area contributed by atoms with Gasteiger partial charge in [-0.05, 0) is 19.3 Å². The van der Waals surface area contributed by atoms with Crippen LogP contribution in [0.4, 0.5) is 0 Å². The van der Waals surface area contributed by atoms with E-state index in [0.29, 0.717) is 5.92 Å². The van der Waals surface area contributed by atoms with Crippen LogP contribution in [0.15, 0.2) is 0 Å². The van der Waals surface area contributed by atoms with E-state index in [1.54, 1.807) is 6.92 Å². The molecule has 0 aromatic carbocycles. The minimum Gasteiger partial charge on any atom is -0.395 e. The zero-order valence-corrected chi connectivity index (χ0v) is 7.26. The Labute approximate surface area is 67.6 Å². The summed E-state index contributed by atoms with van der Waals surface area (Å²) in [5.74, 6) is 0.822. The van der Waals surface area contributed by atoms with Crippen molar-refractivity contribution in [2.45, 2.75) is 33.1 Å². The van der Waals surface area contributed by atoms with Gasteiger partial charge in [0.15, 0.2) is 0 Å². The number of carbonyl (C=O) groups is 1. The Morgan fingerprint density at radius 1 is 1.64 bits per heavy atom. The van der Waals surface area contributed by atoms with E-state index in [2.05, 4.69) is 0 Å². The molecule has 0 aliphatic heterocycles. The summed E-state index contributed by atoms with van der Waals surface area (Å²) in [4.78, 5) is 11.1. The molecule has 0 bridgehead atoms. The lowest BCUT2D eigenvalue weighted by Gasteiger charge is -2.23. The molecule has 1 aliphatic rings. The first-order valence-electron chi connectivity index (χ1n) is 4.20. The second-order valence-electron chi connectivity index (χ2n) is 3.92. The molecule has 2 nitrogen and oxygen atoms in total. The third-order valence-electron chi connectivity index (χ3n) is 2.64. The molecule has 11 heavy (non-hydrogen) atoms. The Bertz CT molecular complexity index is 161. The number of carbonyl (C=O) groups excluding carboxylic acids is 1. The number of hydrogen-bond acceptors (Lipinski definition) is 2. The second kappa shape index (κ2) is 2.94. The van der Waals surface area contributed by atoms with Crippen LogP contribution in [0.3, 0.4) is 0 Å². The summed E-state index contributed by atoms with van der Waals surface area (Å²) in [5.41, 5.74) is -0.457. The average Bonchev–Trinajstić information content (AvgIpc) is 2.71. The molecular formula is C9H16O2. The van der Waals surface area contributed by atoms with E-state index in [0.717, 1.165) is 6.42 Å². The molecule has 1 unspecified atom stereocenters. The van der Waals surface area contributed by atoms with Crippen molar-refractivity contribution in [2.75, 3.05) is 6.61 Å². The summed E-state index contributed by atoms with van der Waals surface area (Å²) in [6.45, 7) is 3.42. The first kappa shape index (κ1) is 8.72. The molecule has 2 heteroatoms. The van der Waals surface area contributed by atoms with Crippen LogP contribution >= 0.6 is 0 Å². The molecule has 1 N–H and O–H groups in total. The van der Waals surface area contributed by atoms with Gasteiger partial charge in [-0.25, -0.2) is 0 Å². The lowest BCUT2D eigenvalue weighted by Crippen LogP contribution is -2.30. The third-order valence-corrected chi connectivity index (χ3v) is 2.64. The largest absolute Gasteiger partial charge is 0.395 e. The number of rotatable bonds is 4. The van der Waals surface area contributed by atoms with Crippen LogP contribution in [0, 0.1) is 11.3 Å². The van der Waals surface area contributed by atoms with E-state index in [9.17, 15) is 4.79 Å². The maximum Gasteiger partial charge on any atom is 0.137 e. The van der Waals surface area contributed by atoms with Crippen molar-refractivity contribution in [3.63, 3.8) is 0 Å². The van der Waals surface area contributed by atoms with Gasteiger partial charge in [-0.1, -0.05) is 19.8 Å². The summed E-state index contributed by atoms with van der Waals surface area (Å²) in [7, 11) is 0. The van der Waals surface area contributed by atoms with E-state index in [1.165, 1.54) is 12.8 Å². The Balaban J connectivity index is 2.49. The highest BCUT2D eigenvalue weighted by Gasteiger charge is 2.36. The third kappa shape index (κ3) is 2.03. The smallest absolute Gasteiger partial charge is 0.137 e. The molecule has 1 atom stereocenters. The van der Waals surface area contributed by atoms with Gasteiger partial charge in [-0.15, -0.1) is 0 Å². The van der Waals surface area contributed by atoms with Gasteiger partial charge >= 0.3 is 0 Å². The predicted molar refractivity (Wildman–Crippen MR) is 43.2 cm³/mol. The molecule has 0 saturated heterocycles. The topological polar surface area (TPSA) is 37.3 Å². The van der Waals surface area contributed by atoms with Crippen molar-refractivity contribution in [1.29, 1.82) is 0 Å². The van der Waals surface area contributed by atoms with E-state index < -0.39 is 5.41 Å². The molecule has 1 saturated carbocycles. The number of Topliss-reactive ketones (excluding diaryl/α,β-unsaturated/α-hetero) is 1. The zero-order valence-electron chi connectivity index (χ0n) is 7.26. The van der Waals surface area contributed by atoms with Crippen LogP contribution in [0.25, 0.3) is 0 Å². The van der Waals surface area contributed by atoms with Crippen LogP contribution in [0.2, 0.25) is 0 Å². The first-order valence-corrected chi connectivity index (χ1v) is 4.20. The Morgan fingerprint density at radius 3 is 2.45 bits per heavy atom. The molecule has 0 amide bonds. The SMILES string of the molecule is CC(=O)C(C)(CO)CC1CC1. The van der Waals surface area contributed by atoms with E-state index in [-0.39, 0.29) is 12.4 Å². The van der Waals surface area contributed by atoms with Gasteiger partial charge in [0, 0.05) is 5.41 Å². The summed E-state index contributed by atoms with van der Waals surface area (Å²) in [5, 5.41) is 9.01. The molecule has 0 heterocycles. The fraction of sp³-hybridized carbons (Fsp3) is 0.889. The van der Waals surface area contributed by atoms with Crippen LogP contribution in [0.5, 0.6) is 0 Å². The minimum absolute atomic E-state index is 0.00116. The van der Waals surface area contributed by atoms with Gasteiger partial charge in [-0.2, -0.15) is 0 Å². The maximum absolute atomic E-state index is 11.1. The highest BCUT2D eigenvalue weighted by molar-refractivity contribution is 5.82. The van der Waals surface area contributed by atoms with Gasteiger partial charge < -0.3 is 5.11 Å². The molecule has 1 rings (SSSR count). The van der Waals surface area contributed by atoms with Crippen molar-refractivity contribution in [2.24, 2.45) is 11.3 Å². The zero-order chi connectivity index (χ0) is 8.48. The van der Waals surface area contributed by atoms with Crippen molar-refractivity contribution >= 4 is 5.78 Å². The van der Waals surface area contributed by atoms with Crippen LogP contribution in [0.1, 0.15) is 33.1 Å². The summed E-state index contributed by atoms with van der Waals surface area (Å²) in [6.07, 6.45) is 3.35. The molecule has 0 radical (unpaired) electrons. The molecule has 1 fully saturated rings. The van der Waals surface area contributed by atoms with Crippen molar-refractivity contribution in [3.05, 3.63) is 0 Å². The Kier molecular flexibility index (Phi) is 2.33. The van der Waals surface area contributed by atoms with Crippen molar-refractivity contribution < 1.29 is 9.90 Å². The quantitative estimate of drug-likeness (QED) is 0.667. The Morgan fingerprint density at radius 2 is 2.18 bits per heavy atom. The predicted octanol–water partition coefficient (Wildman–Crippen LogP) is 1.37. The standard InChI is InChI=1S/C9H16O2/c1-7(11)9(2,6-10)5-8-3-4-8/h8,10H,3-6H2,1-2H3. The number of ketones is 1. The first-order chi connectivity index (χ1) is 5.08. The van der Waals surface area contributed by atoms with E-state index in [1.807, 2.05) is 6.92 Å². The van der Waals surface area contributed by atoms with Crippen molar-refractivity contribution in [3.8, 4) is 0 Å². The normalized spacial score (nSPS) is 22.8. The lowest BCUT2D eigenvalue weighted by molar-refractivity contribution is -0.128. The summed E-state index contributed by atoms with van der Waals surface area (Å²) in [6, 6.07) is 0. The van der Waals surface area contributed by atoms with Crippen LogP contribution < -0.4 is 0 Å². The fourth-order valence-corrected chi connectivity index (χ4v) is 1.28. The number of aliphatic hydroxyl groups is 1. The van der Waals surface area contributed by atoms with Gasteiger partial charge in [0.1, 0.15) is 5.78 Å². The highest BCUT2D eigenvalue weighted by atomic mass is 16.3. The molecular weight excluding hydrogens is 140 g/mol. The van der Waals surface area contributed by atoms with E-state index in [4.69, 9.17) is 5.11 Å². The summed E-state index contributed by atoms with van der Waals surface area (Å²) < 4.78 is 0. The molecule has 0 spiro atoms. The van der Waals surface area contributed by atoms with Gasteiger partial charge in [0.25, 0.3) is 0 Å². The maximum atomic E-state index is 11.1. The molecule has 1 aliphatic carbocycles. The molecule has 0 aromatic rings. The Hall–Kier alpha value is -0.370. The lowest BCUT2D eigenvalue weighted by atomic mass is 9.82. The number of aliphatic hydroxyl groups excluding tert-OH is 1. The van der Waals surface area contributed by atoms with Crippen molar-refractivity contribution in [1.82, 2.24) is 0 Å². The summed E-state index contributed by atoms with van der Waals surface area (Å²) >= 11 is 0. The minimum atomic E-state index is -0.457. The van der Waals surface area contributed by atoms with Crippen LogP contribution in [-0.2, 0) is 4.79 Å². The highest BCUT2D eigenvalue weighted by Crippen LogP contribution is 2.40. The van der Waals surface area contributed by atoms with E-state index >= 15 is 0 Å². The van der Waals surface area contributed by atoms with Crippen LogP contribution in [-0.4, -0.2) is 17.5 Å². The molecule has 0 aromatic heterocycles. The average molecular weight is 156 g/mol. The fourth-order valence-electron chi connectivity index (χ4n) is 1.28.